The maximum Gasteiger partial charge on any atom is 0.303 e. The summed E-state index contributed by atoms with van der Waals surface area (Å²) in [6.45, 7) is 2.45. The molecule has 2 aromatic rings. The molecule has 2 aromatic carbocycles. The first-order valence-electron chi connectivity index (χ1n) is 7.82. The lowest BCUT2D eigenvalue weighted by molar-refractivity contribution is -0.136. The molecule has 1 heterocycles. The molecule has 0 saturated heterocycles. The van der Waals surface area contributed by atoms with Crippen LogP contribution in [-0.4, -0.2) is 26.0 Å². The molecule has 0 unspecified atom stereocenters. The number of sulfonamides is 1. The number of aliphatic carboxylic acids is 1. The summed E-state index contributed by atoms with van der Waals surface area (Å²) in [5, 5.41) is 8.72. The molecule has 1 aliphatic heterocycles. The quantitative estimate of drug-likeness (QED) is 0.904. The minimum absolute atomic E-state index is 0.0309. The summed E-state index contributed by atoms with van der Waals surface area (Å²) >= 11 is 0. The van der Waals surface area contributed by atoms with Crippen molar-refractivity contribution in [1.29, 1.82) is 0 Å². The summed E-state index contributed by atoms with van der Waals surface area (Å²) in [5.41, 5.74) is 2.59. The number of carboxylic acid groups (broad SMARTS) is 1. The third-order valence-corrected chi connectivity index (χ3v) is 6.11. The highest BCUT2D eigenvalue weighted by molar-refractivity contribution is 7.92. The monoisotopic (exact) mass is 345 g/mol. The Hall–Kier alpha value is -2.34. The van der Waals surface area contributed by atoms with Crippen molar-refractivity contribution in [2.24, 2.45) is 0 Å². The van der Waals surface area contributed by atoms with Crippen LogP contribution in [0.25, 0.3) is 0 Å². The number of para-hydroxylation sites is 1. The predicted molar refractivity (Wildman–Crippen MR) is 91.8 cm³/mol. The van der Waals surface area contributed by atoms with Crippen molar-refractivity contribution in [2.45, 2.75) is 30.6 Å². The van der Waals surface area contributed by atoms with E-state index in [1.54, 1.807) is 24.3 Å². The van der Waals surface area contributed by atoms with Crippen molar-refractivity contribution in [3.63, 3.8) is 0 Å². The SMILES string of the molecule is C[C@H]1CN(S(=O)(=O)c2ccc(CCC(=O)O)cc2)c2ccccc21. The molecule has 0 amide bonds. The average Bonchev–Trinajstić information content (AvgIpc) is 2.91. The molecule has 0 fully saturated rings. The van der Waals surface area contributed by atoms with Crippen LogP contribution in [0.2, 0.25) is 0 Å². The minimum atomic E-state index is -3.62. The van der Waals surface area contributed by atoms with Crippen LogP contribution in [-0.2, 0) is 21.2 Å². The summed E-state index contributed by atoms with van der Waals surface area (Å²) in [6, 6.07) is 14.0. The van der Waals surface area contributed by atoms with E-state index in [9.17, 15) is 13.2 Å². The van der Waals surface area contributed by atoms with Gasteiger partial charge in [0.15, 0.2) is 0 Å². The van der Waals surface area contributed by atoms with Gasteiger partial charge in [0.1, 0.15) is 0 Å². The van der Waals surface area contributed by atoms with Crippen LogP contribution >= 0.6 is 0 Å². The second-order valence-corrected chi connectivity index (χ2v) is 7.90. The van der Waals surface area contributed by atoms with Crippen LogP contribution in [0, 0.1) is 0 Å². The molecule has 3 rings (SSSR count). The van der Waals surface area contributed by atoms with E-state index < -0.39 is 16.0 Å². The zero-order chi connectivity index (χ0) is 17.3. The van der Waals surface area contributed by atoms with Gasteiger partial charge in [-0.3, -0.25) is 9.10 Å². The Morgan fingerprint density at radius 1 is 1.17 bits per heavy atom. The van der Waals surface area contributed by atoms with Crippen LogP contribution in [0.3, 0.4) is 0 Å². The zero-order valence-electron chi connectivity index (χ0n) is 13.3. The lowest BCUT2D eigenvalue weighted by Gasteiger charge is -2.20. The Morgan fingerprint density at radius 3 is 2.50 bits per heavy atom. The molecule has 5 nitrogen and oxygen atoms in total. The summed E-state index contributed by atoms with van der Waals surface area (Å²) < 4.78 is 27.4. The molecule has 0 radical (unpaired) electrons. The van der Waals surface area contributed by atoms with Gasteiger partial charge in [0.25, 0.3) is 10.0 Å². The van der Waals surface area contributed by atoms with E-state index in [1.807, 2.05) is 31.2 Å². The van der Waals surface area contributed by atoms with Gasteiger partial charge < -0.3 is 5.11 Å². The normalized spacial score (nSPS) is 16.9. The maximum atomic E-state index is 13.0. The first-order chi connectivity index (χ1) is 11.4. The topological polar surface area (TPSA) is 74.7 Å². The predicted octanol–water partition coefficient (Wildman–Crippen LogP) is 3.02. The molecule has 0 saturated carbocycles. The van der Waals surface area contributed by atoms with E-state index in [1.165, 1.54) is 4.31 Å². The molecule has 126 valence electrons. The number of nitrogens with zero attached hydrogens (tertiary/aromatic N) is 1. The Balaban J connectivity index is 1.88. The van der Waals surface area contributed by atoms with Gasteiger partial charge in [-0.2, -0.15) is 0 Å². The second-order valence-electron chi connectivity index (χ2n) is 6.03. The summed E-state index contributed by atoms with van der Waals surface area (Å²) in [6.07, 6.45) is 0.419. The Bertz CT molecular complexity index is 859. The molecule has 1 atom stereocenters. The van der Waals surface area contributed by atoms with Crippen LogP contribution in [0.1, 0.15) is 30.4 Å². The molecular weight excluding hydrogens is 326 g/mol. The molecule has 1 aliphatic rings. The summed E-state index contributed by atoms with van der Waals surface area (Å²) in [5.74, 6) is -0.708. The number of aryl methyl sites for hydroxylation is 1. The van der Waals surface area contributed by atoms with Crippen LogP contribution in [0.4, 0.5) is 5.69 Å². The van der Waals surface area contributed by atoms with Gasteiger partial charge in [-0.15, -0.1) is 0 Å². The van der Waals surface area contributed by atoms with Gasteiger partial charge in [0.05, 0.1) is 10.6 Å². The Labute approximate surface area is 141 Å². The van der Waals surface area contributed by atoms with Crippen molar-refractivity contribution < 1.29 is 18.3 Å². The lowest BCUT2D eigenvalue weighted by Crippen LogP contribution is -2.29. The van der Waals surface area contributed by atoms with E-state index in [0.717, 1.165) is 16.8 Å². The zero-order valence-corrected chi connectivity index (χ0v) is 14.2. The first-order valence-corrected chi connectivity index (χ1v) is 9.26. The Kier molecular flexibility index (Phi) is 4.32. The fraction of sp³-hybridized carbons (Fsp3) is 0.278. The molecule has 24 heavy (non-hydrogen) atoms. The van der Waals surface area contributed by atoms with Gasteiger partial charge in [-0.1, -0.05) is 37.3 Å². The second kappa shape index (κ2) is 6.28. The highest BCUT2D eigenvalue weighted by Gasteiger charge is 2.34. The third-order valence-electron chi connectivity index (χ3n) is 4.31. The van der Waals surface area contributed by atoms with Crippen LogP contribution < -0.4 is 4.31 Å². The molecule has 0 spiro atoms. The third kappa shape index (κ3) is 3.01. The van der Waals surface area contributed by atoms with E-state index in [2.05, 4.69) is 0 Å². The summed E-state index contributed by atoms with van der Waals surface area (Å²) in [4.78, 5) is 10.8. The lowest BCUT2D eigenvalue weighted by atomic mass is 10.0. The number of carboxylic acids is 1. The standard InChI is InChI=1S/C18H19NO4S/c1-13-12-19(17-5-3-2-4-16(13)17)24(22,23)15-9-6-14(7-10-15)8-11-18(20)21/h2-7,9-10,13H,8,11-12H2,1H3,(H,20,21)/t13-/m0/s1. The van der Waals surface area contributed by atoms with E-state index in [0.29, 0.717) is 13.0 Å². The van der Waals surface area contributed by atoms with Gasteiger partial charge >= 0.3 is 5.97 Å². The fourth-order valence-corrected chi connectivity index (χ4v) is 4.59. The van der Waals surface area contributed by atoms with Gasteiger partial charge in [-0.25, -0.2) is 8.42 Å². The molecule has 0 bridgehead atoms. The first kappa shape index (κ1) is 16.5. The fourth-order valence-electron chi connectivity index (χ4n) is 3.01. The van der Waals surface area contributed by atoms with Gasteiger partial charge in [0, 0.05) is 18.9 Å². The number of fused-ring (bicyclic) bond motifs is 1. The average molecular weight is 345 g/mol. The molecule has 6 heteroatoms. The van der Waals surface area contributed by atoms with Crippen molar-refractivity contribution in [3.8, 4) is 0 Å². The minimum Gasteiger partial charge on any atom is -0.481 e. The van der Waals surface area contributed by atoms with Crippen LogP contribution in [0.5, 0.6) is 0 Å². The van der Waals surface area contributed by atoms with E-state index >= 15 is 0 Å². The number of hydrogen-bond donors (Lipinski definition) is 1. The number of rotatable bonds is 5. The molecule has 0 aromatic heterocycles. The maximum absolute atomic E-state index is 13.0. The van der Waals surface area contributed by atoms with E-state index in [4.69, 9.17) is 5.11 Å². The highest BCUT2D eigenvalue weighted by Crippen LogP contribution is 2.39. The van der Waals surface area contributed by atoms with Crippen molar-refractivity contribution >= 4 is 21.7 Å². The van der Waals surface area contributed by atoms with Crippen molar-refractivity contribution in [1.82, 2.24) is 0 Å². The number of benzene rings is 2. The van der Waals surface area contributed by atoms with Gasteiger partial charge in [-0.05, 0) is 35.7 Å². The Morgan fingerprint density at radius 2 is 1.83 bits per heavy atom. The number of carbonyl (C=O) groups is 1. The van der Waals surface area contributed by atoms with Crippen LogP contribution in [0.15, 0.2) is 53.4 Å². The summed E-state index contributed by atoms with van der Waals surface area (Å²) in [7, 11) is -3.62. The molecular formula is C18H19NO4S. The highest BCUT2D eigenvalue weighted by atomic mass is 32.2. The van der Waals surface area contributed by atoms with Gasteiger partial charge in [0.2, 0.25) is 0 Å². The molecule has 0 aliphatic carbocycles. The largest absolute Gasteiger partial charge is 0.481 e. The molecule has 1 N–H and O–H groups in total. The smallest absolute Gasteiger partial charge is 0.303 e. The van der Waals surface area contributed by atoms with E-state index in [-0.39, 0.29) is 17.2 Å². The van der Waals surface area contributed by atoms with Crippen molar-refractivity contribution in [2.75, 3.05) is 10.8 Å². The number of hydrogen-bond acceptors (Lipinski definition) is 3. The number of anilines is 1. The van der Waals surface area contributed by atoms with Crippen molar-refractivity contribution in [3.05, 3.63) is 59.7 Å².